The van der Waals surface area contributed by atoms with Crippen molar-refractivity contribution in [2.75, 3.05) is 6.54 Å². The topological polar surface area (TPSA) is 95.5 Å². The van der Waals surface area contributed by atoms with Crippen LogP contribution in [-0.2, 0) is 14.4 Å². The Bertz CT molecular complexity index is 376. The number of carboxylic acids is 1. The Morgan fingerprint density at radius 3 is 2.33 bits per heavy atom. The fraction of sp³-hybridized carbons (Fsp3) is 0.800. The van der Waals surface area contributed by atoms with Gasteiger partial charge in [0.1, 0.15) is 6.04 Å². The molecule has 1 atom stereocenters. The fourth-order valence-electron chi connectivity index (χ4n) is 2.59. The summed E-state index contributed by atoms with van der Waals surface area (Å²) in [6.07, 6.45) is 4.54. The average Bonchev–Trinajstić information content (AvgIpc) is 2.91. The molecular weight excluding hydrogens is 272 g/mol. The quantitative estimate of drug-likeness (QED) is 0.629. The van der Waals surface area contributed by atoms with Crippen LogP contribution in [0.15, 0.2) is 0 Å². The summed E-state index contributed by atoms with van der Waals surface area (Å²) in [5.74, 6) is -1.08. The summed E-state index contributed by atoms with van der Waals surface area (Å²) in [7, 11) is 0. The molecule has 0 aromatic rings. The number of carboxylic acid groups (broad SMARTS) is 1. The van der Waals surface area contributed by atoms with Crippen molar-refractivity contribution in [1.82, 2.24) is 10.6 Å². The van der Waals surface area contributed by atoms with Crippen LogP contribution in [0.2, 0.25) is 0 Å². The van der Waals surface area contributed by atoms with E-state index in [0.29, 0.717) is 6.42 Å². The van der Waals surface area contributed by atoms with Crippen LogP contribution in [-0.4, -0.2) is 35.5 Å². The second kappa shape index (κ2) is 8.64. The summed E-state index contributed by atoms with van der Waals surface area (Å²) in [6.45, 7) is 4.07. The SMILES string of the molecule is CC(C)CC(NC(=O)CCNC(=O)C1CCCC1)C(=O)O. The summed E-state index contributed by atoms with van der Waals surface area (Å²) in [6, 6.07) is -0.858. The van der Waals surface area contributed by atoms with E-state index < -0.39 is 12.0 Å². The van der Waals surface area contributed by atoms with Gasteiger partial charge in [-0.15, -0.1) is 0 Å². The van der Waals surface area contributed by atoms with Gasteiger partial charge in [-0.1, -0.05) is 26.7 Å². The molecule has 1 rings (SSSR count). The van der Waals surface area contributed by atoms with Crippen molar-refractivity contribution in [2.24, 2.45) is 11.8 Å². The molecule has 0 saturated heterocycles. The molecule has 0 aromatic heterocycles. The van der Waals surface area contributed by atoms with E-state index in [1.165, 1.54) is 0 Å². The first-order valence-corrected chi connectivity index (χ1v) is 7.70. The van der Waals surface area contributed by atoms with Crippen LogP contribution >= 0.6 is 0 Å². The van der Waals surface area contributed by atoms with E-state index in [9.17, 15) is 14.4 Å². The monoisotopic (exact) mass is 298 g/mol. The molecule has 6 heteroatoms. The van der Waals surface area contributed by atoms with E-state index in [2.05, 4.69) is 10.6 Å². The van der Waals surface area contributed by atoms with Gasteiger partial charge in [0.25, 0.3) is 0 Å². The van der Waals surface area contributed by atoms with E-state index in [0.717, 1.165) is 25.7 Å². The molecule has 2 amide bonds. The molecule has 0 aromatic carbocycles. The van der Waals surface area contributed by atoms with Crippen LogP contribution in [0.3, 0.4) is 0 Å². The Morgan fingerprint density at radius 1 is 1.19 bits per heavy atom. The van der Waals surface area contributed by atoms with Gasteiger partial charge in [0.15, 0.2) is 0 Å². The predicted molar refractivity (Wildman–Crippen MR) is 78.6 cm³/mol. The number of carbonyl (C=O) groups is 3. The lowest BCUT2D eigenvalue weighted by molar-refractivity contribution is -0.142. The lowest BCUT2D eigenvalue weighted by Gasteiger charge is -2.16. The highest BCUT2D eigenvalue weighted by molar-refractivity contribution is 5.84. The van der Waals surface area contributed by atoms with Crippen molar-refractivity contribution in [1.29, 1.82) is 0 Å². The van der Waals surface area contributed by atoms with Crippen LogP contribution in [0.5, 0.6) is 0 Å². The molecular formula is C15H26N2O4. The maximum atomic E-state index is 11.8. The van der Waals surface area contributed by atoms with Crippen LogP contribution in [0.1, 0.15) is 52.4 Å². The molecule has 6 nitrogen and oxygen atoms in total. The summed E-state index contributed by atoms with van der Waals surface area (Å²) >= 11 is 0. The highest BCUT2D eigenvalue weighted by Gasteiger charge is 2.23. The molecule has 0 spiro atoms. The zero-order valence-electron chi connectivity index (χ0n) is 12.9. The van der Waals surface area contributed by atoms with Gasteiger partial charge in [0, 0.05) is 18.9 Å². The number of aliphatic carboxylic acids is 1. The van der Waals surface area contributed by atoms with E-state index >= 15 is 0 Å². The van der Waals surface area contributed by atoms with Crippen molar-refractivity contribution in [3.8, 4) is 0 Å². The lowest BCUT2D eigenvalue weighted by atomic mass is 10.0. The molecule has 1 unspecified atom stereocenters. The van der Waals surface area contributed by atoms with Gasteiger partial charge in [-0.2, -0.15) is 0 Å². The third kappa shape index (κ3) is 6.60. The normalized spacial score (nSPS) is 16.7. The third-order valence-corrected chi connectivity index (χ3v) is 3.72. The Morgan fingerprint density at radius 2 is 1.81 bits per heavy atom. The number of hydrogen-bond acceptors (Lipinski definition) is 3. The lowest BCUT2D eigenvalue weighted by Crippen LogP contribution is -2.43. The predicted octanol–water partition coefficient (Wildman–Crippen LogP) is 1.30. The highest BCUT2D eigenvalue weighted by atomic mass is 16.4. The summed E-state index contributed by atoms with van der Waals surface area (Å²) < 4.78 is 0. The van der Waals surface area contributed by atoms with Gasteiger partial charge in [-0.05, 0) is 25.2 Å². The van der Waals surface area contributed by atoms with E-state index in [1.807, 2.05) is 13.8 Å². The highest BCUT2D eigenvalue weighted by Crippen LogP contribution is 2.24. The summed E-state index contributed by atoms with van der Waals surface area (Å²) in [5.41, 5.74) is 0. The fourth-order valence-corrected chi connectivity index (χ4v) is 2.59. The van der Waals surface area contributed by atoms with Crippen molar-refractivity contribution < 1.29 is 19.5 Å². The van der Waals surface area contributed by atoms with Gasteiger partial charge in [0.2, 0.25) is 11.8 Å². The maximum absolute atomic E-state index is 11.8. The Balaban J connectivity index is 2.25. The molecule has 1 aliphatic rings. The Hall–Kier alpha value is -1.59. The minimum absolute atomic E-state index is 0.0114. The molecule has 120 valence electrons. The standard InChI is InChI=1S/C15H26N2O4/c1-10(2)9-12(15(20)21)17-13(18)7-8-16-14(19)11-5-3-4-6-11/h10-12H,3-9H2,1-2H3,(H,16,19)(H,17,18)(H,20,21). The summed E-state index contributed by atoms with van der Waals surface area (Å²) in [4.78, 5) is 34.5. The first-order valence-electron chi connectivity index (χ1n) is 7.70. The maximum Gasteiger partial charge on any atom is 0.326 e. The first-order chi connectivity index (χ1) is 9.90. The average molecular weight is 298 g/mol. The Kier molecular flexibility index (Phi) is 7.19. The number of carbonyl (C=O) groups excluding carboxylic acids is 2. The van der Waals surface area contributed by atoms with E-state index in [4.69, 9.17) is 5.11 Å². The van der Waals surface area contributed by atoms with Crippen molar-refractivity contribution >= 4 is 17.8 Å². The largest absolute Gasteiger partial charge is 0.480 e. The zero-order valence-corrected chi connectivity index (χ0v) is 12.9. The molecule has 0 aliphatic heterocycles. The number of nitrogens with one attached hydrogen (secondary N) is 2. The van der Waals surface area contributed by atoms with Gasteiger partial charge in [0.05, 0.1) is 0 Å². The molecule has 0 bridgehead atoms. The van der Waals surface area contributed by atoms with Crippen LogP contribution in [0.25, 0.3) is 0 Å². The van der Waals surface area contributed by atoms with Crippen molar-refractivity contribution in [2.45, 2.75) is 58.4 Å². The van der Waals surface area contributed by atoms with Crippen molar-refractivity contribution in [3.05, 3.63) is 0 Å². The minimum Gasteiger partial charge on any atom is -0.480 e. The smallest absolute Gasteiger partial charge is 0.326 e. The minimum atomic E-state index is -1.02. The van der Waals surface area contributed by atoms with Gasteiger partial charge >= 0.3 is 5.97 Å². The number of rotatable bonds is 8. The molecule has 21 heavy (non-hydrogen) atoms. The van der Waals surface area contributed by atoms with Gasteiger partial charge < -0.3 is 15.7 Å². The molecule has 1 saturated carbocycles. The first kappa shape index (κ1) is 17.5. The molecule has 1 aliphatic carbocycles. The molecule has 3 N–H and O–H groups in total. The zero-order chi connectivity index (χ0) is 15.8. The second-order valence-electron chi connectivity index (χ2n) is 6.11. The third-order valence-electron chi connectivity index (χ3n) is 3.72. The second-order valence-corrected chi connectivity index (χ2v) is 6.11. The van der Waals surface area contributed by atoms with E-state index in [-0.39, 0.29) is 36.6 Å². The number of hydrogen-bond donors (Lipinski definition) is 3. The van der Waals surface area contributed by atoms with Gasteiger partial charge in [-0.25, -0.2) is 4.79 Å². The van der Waals surface area contributed by atoms with E-state index in [1.54, 1.807) is 0 Å². The van der Waals surface area contributed by atoms with Crippen LogP contribution in [0.4, 0.5) is 0 Å². The summed E-state index contributed by atoms with van der Waals surface area (Å²) in [5, 5.41) is 14.3. The van der Waals surface area contributed by atoms with Crippen LogP contribution in [0, 0.1) is 11.8 Å². The Labute approximate surface area is 125 Å². The van der Waals surface area contributed by atoms with Crippen LogP contribution < -0.4 is 10.6 Å². The number of amides is 2. The molecule has 1 fully saturated rings. The van der Waals surface area contributed by atoms with Gasteiger partial charge in [-0.3, -0.25) is 9.59 Å². The van der Waals surface area contributed by atoms with Crippen molar-refractivity contribution in [3.63, 3.8) is 0 Å². The molecule has 0 heterocycles. The molecule has 0 radical (unpaired) electrons.